The Morgan fingerprint density at radius 1 is 0.351 bits per heavy atom. The summed E-state index contributed by atoms with van der Waals surface area (Å²) in [5, 5.41) is 0. The van der Waals surface area contributed by atoms with Crippen LogP contribution in [-0.4, -0.2) is 19.1 Å². The predicted molar refractivity (Wildman–Crippen MR) is 235 cm³/mol. The van der Waals surface area contributed by atoms with Crippen LogP contribution in [-0.2, 0) is 5.41 Å². The first-order valence-corrected chi connectivity index (χ1v) is 19.6. The fraction of sp³-hybridized carbons (Fsp3) is 0.0566. The molecule has 2 aromatic heterocycles. The second-order valence-corrected chi connectivity index (χ2v) is 15.5. The summed E-state index contributed by atoms with van der Waals surface area (Å²) < 4.78 is 4.66. The molecule has 0 saturated carbocycles. The van der Waals surface area contributed by atoms with Crippen molar-refractivity contribution in [1.29, 1.82) is 0 Å². The minimum atomic E-state index is -0.272. The van der Waals surface area contributed by atoms with Crippen molar-refractivity contribution in [1.82, 2.24) is 19.1 Å². The maximum atomic E-state index is 5.43. The zero-order valence-corrected chi connectivity index (χ0v) is 31.8. The van der Waals surface area contributed by atoms with E-state index in [1.54, 1.807) is 0 Å². The topological polar surface area (TPSA) is 35.6 Å². The summed E-state index contributed by atoms with van der Waals surface area (Å²) in [6.07, 6.45) is 0. The van der Waals surface area contributed by atoms with E-state index >= 15 is 0 Å². The molecule has 270 valence electrons. The van der Waals surface area contributed by atoms with Crippen molar-refractivity contribution in [2.45, 2.75) is 19.3 Å². The molecule has 0 bridgehead atoms. The summed E-state index contributed by atoms with van der Waals surface area (Å²) >= 11 is 0. The minimum absolute atomic E-state index is 0.272. The van der Waals surface area contributed by atoms with E-state index in [2.05, 4.69) is 217 Å². The van der Waals surface area contributed by atoms with Crippen LogP contribution in [0.3, 0.4) is 0 Å². The number of rotatable bonds is 6. The van der Waals surface area contributed by atoms with E-state index in [4.69, 9.17) is 9.97 Å². The largest absolute Gasteiger partial charge is 0.292 e. The third-order valence-electron chi connectivity index (χ3n) is 11.7. The number of para-hydroxylation sites is 2. The predicted octanol–water partition coefficient (Wildman–Crippen LogP) is 13.3. The van der Waals surface area contributed by atoms with Crippen LogP contribution < -0.4 is 0 Å². The van der Waals surface area contributed by atoms with Gasteiger partial charge in [-0.2, -0.15) is 0 Å². The fourth-order valence-corrected chi connectivity index (χ4v) is 8.87. The third kappa shape index (κ3) is 5.37. The van der Waals surface area contributed by atoms with Crippen molar-refractivity contribution in [3.63, 3.8) is 0 Å². The van der Waals surface area contributed by atoms with Crippen LogP contribution in [0.5, 0.6) is 0 Å². The second-order valence-electron chi connectivity index (χ2n) is 15.5. The molecule has 10 aromatic rings. The molecule has 1 aliphatic rings. The summed E-state index contributed by atoms with van der Waals surface area (Å²) in [5.41, 5.74) is 17.9. The van der Waals surface area contributed by atoms with E-state index in [0.29, 0.717) is 0 Å². The average molecular weight is 731 g/mol. The van der Waals surface area contributed by atoms with Gasteiger partial charge in [0.2, 0.25) is 0 Å². The van der Waals surface area contributed by atoms with E-state index in [0.717, 1.165) is 56.2 Å². The highest BCUT2D eigenvalue weighted by Crippen LogP contribution is 2.52. The van der Waals surface area contributed by atoms with E-state index in [9.17, 15) is 0 Å². The molecule has 0 radical (unpaired) electrons. The molecular weight excluding hydrogens is 693 g/mol. The molecule has 2 heterocycles. The van der Waals surface area contributed by atoms with Gasteiger partial charge in [0.15, 0.2) is 0 Å². The number of hydrogen-bond donors (Lipinski definition) is 0. The molecular formula is C53H38N4. The lowest BCUT2D eigenvalue weighted by atomic mass is 9.82. The van der Waals surface area contributed by atoms with Crippen LogP contribution >= 0.6 is 0 Å². The van der Waals surface area contributed by atoms with Gasteiger partial charge in [-0.25, -0.2) is 9.97 Å². The molecule has 11 rings (SSSR count). The van der Waals surface area contributed by atoms with Crippen molar-refractivity contribution < 1.29 is 0 Å². The van der Waals surface area contributed by atoms with Crippen LogP contribution in [0, 0.1) is 0 Å². The van der Waals surface area contributed by atoms with Gasteiger partial charge in [-0.1, -0.05) is 147 Å². The molecule has 0 saturated heterocycles. The highest BCUT2D eigenvalue weighted by molar-refractivity contribution is 5.98. The van der Waals surface area contributed by atoms with Crippen molar-refractivity contribution in [3.05, 3.63) is 205 Å². The molecule has 4 nitrogen and oxygen atoms in total. The smallest absolute Gasteiger partial charge is 0.145 e. The molecule has 0 amide bonds. The Bertz CT molecular complexity index is 2910. The molecule has 0 atom stereocenters. The zero-order chi connectivity index (χ0) is 38.1. The van der Waals surface area contributed by atoms with Gasteiger partial charge < -0.3 is 0 Å². The average Bonchev–Trinajstić information content (AvgIpc) is 3.91. The van der Waals surface area contributed by atoms with Crippen LogP contribution in [0.25, 0.3) is 89.6 Å². The first-order valence-electron chi connectivity index (χ1n) is 19.6. The van der Waals surface area contributed by atoms with Gasteiger partial charge in [-0.05, 0) is 105 Å². The van der Waals surface area contributed by atoms with Gasteiger partial charge >= 0.3 is 0 Å². The van der Waals surface area contributed by atoms with Crippen molar-refractivity contribution in [2.75, 3.05) is 0 Å². The molecule has 0 spiro atoms. The maximum Gasteiger partial charge on any atom is 0.145 e. The Morgan fingerprint density at radius 3 is 1.11 bits per heavy atom. The normalized spacial score (nSPS) is 12.9. The van der Waals surface area contributed by atoms with Crippen molar-refractivity contribution in [2.24, 2.45) is 0 Å². The summed E-state index contributed by atoms with van der Waals surface area (Å²) in [6.45, 7) is 4.71. The van der Waals surface area contributed by atoms with Crippen LogP contribution in [0.4, 0.5) is 0 Å². The first kappa shape index (κ1) is 33.1. The van der Waals surface area contributed by atoms with Crippen LogP contribution in [0.2, 0.25) is 0 Å². The summed E-state index contributed by atoms with van der Waals surface area (Å²) in [4.78, 5) is 10.9. The number of nitrogens with zero attached hydrogens (tertiary/aromatic N) is 4. The Kier molecular flexibility index (Phi) is 7.48. The Labute approximate surface area is 332 Å². The van der Waals surface area contributed by atoms with Gasteiger partial charge in [0.1, 0.15) is 11.6 Å². The monoisotopic (exact) mass is 730 g/mol. The van der Waals surface area contributed by atoms with E-state index < -0.39 is 0 Å². The Balaban J connectivity index is 1.11. The highest BCUT2D eigenvalue weighted by atomic mass is 15.1. The minimum Gasteiger partial charge on any atom is -0.292 e. The molecule has 1 aliphatic carbocycles. The van der Waals surface area contributed by atoms with Gasteiger partial charge in [-0.15, -0.1) is 0 Å². The van der Waals surface area contributed by atoms with E-state index in [-0.39, 0.29) is 5.41 Å². The summed E-state index contributed by atoms with van der Waals surface area (Å²) in [5.74, 6) is 1.85. The number of aromatic nitrogens is 4. The lowest BCUT2D eigenvalue weighted by molar-refractivity contribution is 0.661. The molecule has 8 aromatic carbocycles. The van der Waals surface area contributed by atoms with Gasteiger partial charge in [0, 0.05) is 27.9 Å². The standard InChI is InChI=1S/C53H38N4/c1-53(2)45-33-49-47(54-51(56(49)41-25-11-5-12-26-41)39-23-15-21-37(29-39)35-17-7-3-8-18-35)31-43(45)44-32-48-50(34-46(44)53)57(42-27-13-6-14-28-42)52(55-48)40-24-16-22-38(30-40)36-19-9-4-10-20-36/h3-34H,1-2H3. The van der Waals surface area contributed by atoms with Crippen molar-refractivity contribution in [3.8, 4) is 67.5 Å². The molecule has 0 aliphatic heterocycles. The molecule has 0 unspecified atom stereocenters. The number of hydrogen-bond acceptors (Lipinski definition) is 2. The summed E-state index contributed by atoms with van der Waals surface area (Å²) in [6, 6.07) is 69.3. The Morgan fingerprint density at radius 2 is 0.702 bits per heavy atom. The van der Waals surface area contributed by atoms with Crippen LogP contribution in [0.15, 0.2) is 194 Å². The highest BCUT2D eigenvalue weighted by Gasteiger charge is 2.38. The van der Waals surface area contributed by atoms with Crippen molar-refractivity contribution >= 4 is 22.1 Å². The van der Waals surface area contributed by atoms with E-state index in [1.165, 1.54) is 44.5 Å². The molecule has 0 N–H and O–H groups in total. The fourth-order valence-electron chi connectivity index (χ4n) is 8.87. The van der Waals surface area contributed by atoms with E-state index in [1.807, 2.05) is 0 Å². The quantitative estimate of drug-likeness (QED) is 0.171. The van der Waals surface area contributed by atoms with Gasteiger partial charge in [-0.3, -0.25) is 9.13 Å². The first-order chi connectivity index (χ1) is 28.0. The van der Waals surface area contributed by atoms with Gasteiger partial charge in [0.25, 0.3) is 0 Å². The zero-order valence-electron chi connectivity index (χ0n) is 31.8. The number of imidazole rings is 2. The number of fused-ring (bicyclic) bond motifs is 5. The maximum absolute atomic E-state index is 5.43. The lowest BCUT2D eigenvalue weighted by Gasteiger charge is -2.22. The molecule has 4 heteroatoms. The third-order valence-corrected chi connectivity index (χ3v) is 11.7. The molecule has 0 fully saturated rings. The second kappa shape index (κ2) is 12.9. The number of benzene rings is 8. The van der Waals surface area contributed by atoms with Gasteiger partial charge in [0.05, 0.1) is 22.1 Å². The summed E-state index contributed by atoms with van der Waals surface area (Å²) in [7, 11) is 0. The molecule has 57 heavy (non-hydrogen) atoms. The SMILES string of the molecule is CC1(C)c2cc3c(cc2-c2cc4nc(-c5cccc(-c6ccccc6)c5)n(-c5ccccc5)c4cc21)nc(-c1cccc(-c2ccccc2)c1)n3-c1ccccc1. The van der Waals surface area contributed by atoms with Crippen LogP contribution in [0.1, 0.15) is 25.0 Å². The lowest BCUT2D eigenvalue weighted by Crippen LogP contribution is -2.15. The Hall–Kier alpha value is -7.30.